The van der Waals surface area contributed by atoms with Crippen LogP contribution < -0.4 is 10.1 Å². The van der Waals surface area contributed by atoms with E-state index in [-0.39, 0.29) is 18.6 Å². The second-order valence-corrected chi connectivity index (χ2v) is 5.22. The summed E-state index contributed by atoms with van der Waals surface area (Å²) < 4.78 is 5.42. The lowest BCUT2D eigenvalue weighted by Gasteiger charge is -2.31. The van der Waals surface area contributed by atoms with E-state index >= 15 is 0 Å². The molecule has 1 aromatic carbocycles. The number of nitrogens with one attached hydrogen (secondary N) is 1. The Labute approximate surface area is 125 Å². The fourth-order valence-corrected chi connectivity index (χ4v) is 2.52. The minimum atomic E-state index is -0.134. The Hall–Kier alpha value is -1.88. The van der Waals surface area contributed by atoms with Crippen molar-refractivity contribution in [3.8, 4) is 5.75 Å². The Morgan fingerprint density at radius 2 is 2.10 bits per heavy atom. The summed E-state index contributed by atoms with van der Waals surface area (Å²) in [6.45, 7) is 5.20. The number of benzene rings is 1. The Morgan fingerprint density at radius 3 is 2.76 bits per heavy atom. The van der Waals surface area contributed by atoms with Crippen LogP contribution in [-0.4, -0.2) is 49.4 Å². The van der Waals surface area contributed by atoms with Crippen LogP contribution in [0.2, 0.25) is 0 Å². The van der Waals surface area contributed by atoms with Crippen molar-refractivity contribution in [2.75, 3.05) is 26.2 Å². The van der Waals surface area contributed by atoms with Gasteiger partial charge in [0.1, 0.15) is 5.75 Å². The number of carbonyl (C=O) groups is 2. The Balaban J connectivity index is 1.76. The maximum atomic E-state index is 11.9. The Bertz CT molecular complexity index is 482. The standard InChI is InChI=1S/C16H22N2O3/c1-2-18-9-7-14(8-10-18)17-16(20)12-21-15-6-4-3-5-13(15)11-19/h3-6,11,14H,2,7-10,12H2,1H3,(H,17,20). The predicted octanol–water partition coefficient (Wildman–Crippen LogP) is 1.48. The third kappa shape index (κ3) is 4.56. The summed E-state index contributed by atoms with van der Waals surface area (Å²) in [5, 5.41) is 2.99. The number of nitrogens with zero attached hydrogens (tertiary/aromatic N) is 1. The normalized spacial score (nSPS) is 16.4. The van der Waals surface area contributed by atoms with Gasteiger partial charge in [0.05, 0.1) is 5.56 Å². The van der Waals surface area contributed by atoms with Gasteiger partial charge >= 0.3 is 0 Å². The number of piperidine rings is 1. The molecule has 1 fully saturated rings. The molecule has 114 valence electrons. The molecule has 1 N–H and O–H groups in total. The van der Waals surface area contributed by atoms with Crippen LogP contribution >= 0.6 is 0 Å². The van der Waals surface area contributed by atoms with E-state index in [1.165, 1.54) is 0 Å². The third-order valence-electron chi connectivity index (χ3n) is 3.80. The van der Waals surface area contributed by atoms with Crippen LogP contribution in [0.25, 0.3) is 0 Å². The van der Waals surface area contributed by atoms with E-state index in [4.69, 9.17) is 4.74 Å². The topological polar surface area (TPSA) is 58.6 Å². The molecule has 0 unspecified atom stereocenters. The first-order valence-corrected chi connectivity index (χ1v) is 7.41. The quantitative estimate of drug-likeness (QED) is 0.806. The molecule has 0 radical (unpaired) electrons. The minimum Gasteiger partial charge on any atom is -0.483 e. The summed E-state index contributed by atoms with van der Waals surface area (Å²) in [7, 11) is 0. The summed E-state index contributed by atoms with van der Waals surface area (Å²) in [5.74, 6) is 0.314. The van der Waals surface area contributed by atoms with Crippen LogP contribution in [-0.2, 0) is 4.79 Å². The molecular formula is C16H22N2O3. The molecule has 0 atom stereocenters. The van der Waals surface area contributed by atoms with Crippen molar-refractivity contribution >= 4 is 12.2 Å². The van der Waals surface area contributed by atoms with Gasteiger partial charge in [-0.2, -0.15) is 0 Å². The molecule has 21 heavy (non-hydrogen) atoms. The van der Waals surface area contributed by atoms with Gasteiger partial charge in [-0.25, -0.2) is 0 Å². The fourth-order valence-electron chi connectivity index (χ4n) is 2.52. The van der Waals surface area contributed by atoms with Crippen LogP contribution in [0.15, 0.2) is 24.3 Å². The van der Waals surface area contributed by atoms with Crippen molar-refractivity contribution in [1.29, 1.82) is 0 Å². The molecule has 2 rings (SSSR count). The first-order chi connectivity index (χ1) is 10.2. The molecule has 5 nitrogen and oxygen atoms in total. The van der Waals surface area contributed by atoms with Crippen LogP contribution in [0, 0.1) is 0 Å². The summed E-state index contributed by atoms with van der Waals surface area (Å²) in [6, 6.07) is 7.13. The zero-order valence-corrected chi connectivity index (χ0v) is 12.4. The number of likely N-dealkylation sites (tertiary alicyclic amines) is 1. The Morgan fingerprint density at radius 1 is 1.38 bits per heavy atom. The molecular weight excluding hydrogens is 268 g/mol. The molecule has 1 aliphatic heterocycles. The van der Waals surface area contributed by atoms with E-state index < -0.39 is 0 Å². The second-order valence-electron chi connectivity index (χ2n) is 5.22. The van der Waals surface area contributed by atoms with Crippen molar-refractivity contribution < 1.29 is 14.3 Å². The highest BCUT2D eigenvalue weighted by Gasteiger charge is 2.19. The Kier molecular flexibility index (Phi) is 5.75. The average molecular weight is 290 g/mol. The molecule has 1 heterocycles. The molecule has 0 aromatic heterocycles. The summed E-state index contributed by atoms with van der Waals surface area (Å²) >= 11 is 0. The van der Waals surface area contributed by atoms with Gasteiger partial charge in [0.15, 0.2) is 12.9 Å². The van der Waals surface area contributed by atoms with Gasteiger partial charge < -0.3 is 15.0 Å². The van der Waals surface area contributed by atoms with Crippen molar-refractivity contribution in [2.45, 2.75) is 25.8 Å². The SMILES string of the molecule is CCN1CCC(NC(=O)COc2ccccc2C=O)CC1. The molecule has 0 spiro atoms. The summed E-state index contributed by atoms with van der Waals surface area (Å²) in [5.41, 5.74) is 0.460. The minimum absolute atomic E-state index is 0.0567. The number of para-hydroxylation sites is 1. The lowest BCUT2D eigenvalue weighted by molar-refractivity contribution is -0.124. The van der Waals surface area contributed by atoms with Crippen molar-refractivity contribution in [1.82, 2.24) is 10.2 Å². The number of amides is 1. The monoisotopic (exact) mass is 290 g/mol. The van der Waals surface area contributed by atoms with Gasteiger partial charge in [0.25, 0.3) is 5.91 Å². The molecule has 1 aromatic rings. The van der Waals surface area contributed by atoms with Crippen LogP contribution in [0.1, 0.15) is 30.1 Å². The number of rotatable bonds is 6. The highest BCUT2D eigenvalue weighted by molar-refractivity contribution is 5.80. The molecule has 0 saturated carbocycles. The molecule has 0 aliphatic carbocycles. The van der Waals surface area contributed by atoms with E-state index in [2.05, 4.69) is 17.1 Å². The van der Waals surface area contributed by atoms with Crippen LogP contribution in [0.3, 0.4) is 0 Å². The highest BCUT2D eigenvalue weighted by Crippen LogP contribution is 2.15. The zero-order valence-electron chi connectivity index (χ0n) is 12.4. The molecule has 1 aliphatic rings. The lowest BCUT2D eigenvalue weighted by atomic mass is 10.1. The van der Waals surface area contributed by atoms with E-state index in [1.54, 1.807) is 24.3 Å². The number of aldehydes is 1. The van der Waals surface area contributed by atoms with Gasteiger partial charge in [-0.05, 0) is 31.5 Å². The number of hydrogen-bond acceptors (Lipinski definition) is 4. The van der Waals surface area contributed by atoms with Crippen molar-refractivity contribution in [3.63, 3.8) is 0 Å². The molecule has 0 bridgehead atoms. The maximum absolute atomic E-state index is 11.9. The van der Waals surface area contributed by atoms with Crippen molar-refractivity contribution in [2.24, 2.45) is 0 Å². The van der Waals surface area contributed by atoms with Gasteiger partial charge in [-0.3, -0.25) is 9.59 Å². The predicted molar refractivity (Wildman–Crippen MR) is 80.6 cm³/mol. The number of carbonyl (C=O) groups excluding carboxylic acids is 2. The largest absolute Gasteiger partial charge is 0.483 e. The van der Waals surface area contributed by atoms with Gasteiger partial charge in [0, 0.05) is 19.1 Å². The van der Waals surface area contributed by atoms with E-state index in [0.717, 1.165) is 38.8 Å². The van der Waals surface area contributed by atoms with E-state index in [1.807, 2.05) is 0 Å². The highest BCUT2D eigenvalue weighted by atomic mass is 16.5. The van der Waals surface area contributed by atoms with E-state index in [0.29, 0.717) is 11.3 Å². The van der Waals surface area contributed by atoms with Crippen LogP contribution in [0.5, 0.6) is 5.75 Å². The fraction of sp³-hybridized carbons (Fsp3) is 0.500. The lowest BCUT2D eigenvalue weighted by Crippen LogP contribution is -2.45. The van der Waals surface area contributed by atoms with Crippen molar-refractivity contribution in [3.05, 3.63) is 29.8 Å². The molecule has 1 amide bonds. The smallest absolute Gasteiger partial charge is 0.258 e. The zero-order chi connectivity index (χ0) is 15.1. The third-order valence-corrected chi connectivity index (χ3v) is 3.80. The van der Waals surface area contributed by atoms with Gasteiger partial charge in [-0.15, -0.1) is 0 Å². The number of hydrogen-bond donors (Lipinski definition) is 1. The summed E-state index contributed by atoms with van der Waals surface area (Å²) in [6.07, 6.45) is 2.68. The first kappa shape index (κ1) is 15.5. The number of ether oxygens (including phenoxy) is 1. The summed E-state index contributed by atoms with van der Waals surface area (Å²) in [4.78, 5) is 25.1. The maximum Gasteiger partial charge on any atom is 0.258 e. The first-order valence-electron chi connectivity index (χ1n) is 7.41. The molecule has 1 saturated heterocycles. The van der Waals surface area contributed by atoms with Gasteiger partial charge in [0.2, 0.25) is 0 Å². The van der Waals surface area contributed by atoms with Gasteiger partial charge in [-0.1, -0.05) is 19.1 Å². The van der Waals surface area contributed by atoms with E-state index in [9.17, 15) is 9.59 Å². The average Bonchev–Trinajstić information content (AvgIpc) is 2.54. The second kappa shape index (κ2) is 7.78. The van der Waals surface area contributed by atoms with Crippen LogP contribution in [0.4, 0.5) is 0 Å². The molecule has 5 heteroatoms.